The van der Waals surface area contributed by atoms with Crippen LogP contribution in [0.5, 0.6) is 0 Å². The molecule has 0 bridgehead atoms. The zero-order chi connectivity index (χ0) is 10.8. The molecular formula is C10H7N5S. The monoisotopic (exact) mass is 229 g/mol. The van der Waals surface area contributed by atoms with Crippen LogP contribution in [0.25, 0.3) is 11.0 Å². The SMILES string of the molecule is c1cc(Sc2ncnc3[nH]ncc23)ccn1. The lowest BCUT2D eigenvalue weighted by Crippen LogP contribution is -1.84. The molecule has 0 saturated heterocycles. The molecule has 0 amide bonds. The van der Waals surface area contributed by atoms with Crippen LogP contribution in [0.3, 0.4) is 0 Å². The normalized spacial score (nSPS) is 10.8. The van der Waals surface area contributed by atoms with Crippen molar-refractivity contribution in [3.63, 3.8) is 0 Å². The van der Waals surface area contributed by atoms with Crippen LogP contribution in [0.15, 0.2) is 47.0 Å². The third-order valence-corrected chi connectivity index (χ3v) is 3.10. The van der Waals surface area contributed by atoms with Gasteiger partial charge in [-0.25, -0.2) is 9.97 Å². The smallest absolute Gasteiger partial charge is 0.159 e. The van der Waals surface area contributed by atoms with Crippen LogP contribution in [0.4, 0.5) is 0 Å². The highest BCUT2D eigenvalue weighted by Gasteiger charge is 2.06. The van der Waals surface area contributed by atoms with E-state index < -0.39 is 0 Å². The molecule has 3 aromatic heterocycles. The van der Waals surface area contributed by atoms with Crippen LogP contribution >= 0.6 is 11.8 Å². The molecule has 6 heteroatoms. The van der Waals surface area contributed by atoms with Crippen molar-refractivity contribution in [3.05, 3.63) is 37.1 Å². The fourth-order valence-electron chi connectivity index (χ4n) is 1.34. The standard InChI is InChI=1S/C10H7N5S/c1-3-11-4-2-7(1)16-10-8-5-14-15-9(8)12-6-13-10/h1-6H,(H,12,13,14,15). The number of hydrogen-bond acceptors (Lipinski definition) is 5. The van der Waals surface area contributed by atoms with Crippen molar-refractivity contribution < 1.29 is 0 Å². The highest BCUT2D eigenvalue weighted by molar-refractivity contribution is 7.99. The predicted octanol–water partition coefficient (Wildman–Crippen LogP) is 1.90. The first-order chi connectivity index (χ1) is 7.93. The van der Waals surface area contributed by atoms with Gasteiger partial charge in [0.25, 0.3) is 0 Å². The Bertz CT molecular complexity index is 607. The number of rotatable bonds is 2. The summed E-state index contributed by atoms with van der Waals surface area (Å²) in [5.41, 5.74) is 0.756. The molecule has 0 aromatic carbocycles. The number of aromatic nitrogens is 5. The first kappa shape index (κ1) is 9.29. The van der Waals surface area contributed by atoms with E-state index in [-0.39, 0.29) is 0 Å². The summed E-state index contributed by atoms with van der Waals surface area (Å²) in [5.74, 6) is 0. The van der Waals surface area contributed by atoms with Gasteiger partial charge in [-0.1, -0.05) is 11.8 Å². The average molecular weight is 229 g/mol. The van der Waals surface area contributed by atoms with E-state index in [2.05, 4.69) is 25.1 Å². The van der Waals surface area contributed by atoms with Gasteiger partial charge in [0.1, 0.15) is 11.4 Å². The molecule has 5 nitrogen and oxygen atoms in total. The van der Waals surface area contributed by atoms with Crippen LogP contribution in [-0.4, -0.2) is 25.1 Å². The van der Waals surface area contributed by atoms with Crippen molar-refractivity contribution in [2.75, 3.05) is 0 Å². The predicted molar refractivity (Wildman–Crippen MR) is 60.0 cm³/mol. The Hall–Kier alpha value is -1.95. The Labute approximate surface area is 95.3 Å². The van der Waals surface area contributed by atoms with Gasteiger partial charge in [-0.05, 0) is 12.1 Å². The molecule has 0 spiro atoms. The van der Waals surface area contributed by atoms with Gasteiger partial charge in [0.05, 0.1) is 11.6 Å². The second-order valence-corrected chi connectivity index (χ2v) is 4.16. The maximum Gasteiger partial charge on any atom is 0.159 e. The molecule has 0 aliphatic heterocycles. The lowest BCUT2D eigenvalue weighted by atomic mass is 10.4. The molecular weight excluding hydrogens is 222 g/mol. The topological polar surface area (TPSA) is 67.3 Å². The molecule has 0 aliphatic carbocycles. The van der Waals surface area contributed by atoms with Crippen LogP contribution in [0, 0.1) is 0 Å². The molecule has 3 heterocycles. The molecule has 3 aromatic rings. The molecule has 1 N–H and O–H groups in total. The van der Waals surface area contributed by atoms with E-state index in [9.17, 15) is 0 Å². The highest BCUT2D eigenvalue weighted by atomic mass is 32.2. The van der Waals surface area contributed by atoms with Crippen LogP contribution in [0.1, 0.15) is 0 Å². The fraction of sp³-hybridized carbons (Fsp3) is 0. The quantitative estimate of drug-likeness (QED) is 0.680. The van der Waals surface area contributed by atoms with E-state index in [1.807, 2.05) is 12.1 Å². The maximum atomic E-state index is 4.25. The molecule has 3 rings (SSSR count). The largest absolute Gasteiger partial charge is 0.265 e. The lowest BCUT2D eigenvalue weighted by molar-refractivity contribution is 1.07. The lowest BCUT2D eigenvalue weighted by Gasteiger charge is -2.00. The molecule has 0 fully saturated rings. The molecule has 0 aliphatic rings. The Balaban J connectivity index is 2.04. The Kier molecular flexibility index (Phi) is 2.26. The average Bonchev–Trinajstić information content (AvgIpc) is 2.80. The van der Waals surface area contributed by atoms with Gasteiger partial charge in [0.2, 0.25) is 0 Å². The minimum Gasteiger partial charge on any atom is -0.265 e. The van der Waals surface area contributed by atoms with Crippen molar-refractivity contribution in [2.24, 2.45) is 0 Å². The molecule has 0 saturated carbocycles. The Morgan fingerprint density at radius 1 is 1.12 bits per heavy atom. The molecule has 0 radical (unpaired) electrons. The summed E-state index contributed by atoms with van der Waals surface area (Å²) in [6.07, 6.45) is 6.79. The summed E-state index contributed by atoms with van der Waals surface area (Å²) in [4.78, 5) is 13.4. The highest BCUT2D eigenvalue weighted by Crippen LogP contribution is 2.29. The second kappa shape index (κ2) is 3.90. The van der Waals surface area contributed by atoms with E-state index in [1.54, 1.807) is 30.4 Å². The van der Waals surface area contributed by atoms with Gasteiger partial charge in [0, 0.05) is 17.3 Å². The van der Waals surface area contributed by atoms with E-state index in [1.165, 1.54) is 6.33 Å². The van der Waals surface area contributed by atoms with Crippen molar-refractivity contribution >= 4 is 22.8 Å². The molecule has 0 atom stereocenters. The zero-order valence-corrected chi connectivity index (χ0v) is 8.98. The number of aromatic amines is 1. The van der Waals surface area contributed by atoms with Crippen molar-refractivity contribution in [1.29, 1.82) is 0 Å². The minimum absolute atomic E-state index is 0.756. The number of nitrogens with zero attached hydrogens (tertiary/aromatic N) is 4. The summed E-state index contributed by atoms with van der Waals surface area (Å²) >= 11 is 1.57. The van der Waals surface area contributed by atoms with Crippen molar-refractivity contribution in [1.82, 2.24) is 25.1 Å². The molecule has 0 unspecified atom stereocenters. The summed E-state index contributed by atoms with van der Waals surface area (Å²) in [7, 11) is 0. The molecule has 78 valence electrons. The third kappa shape index (κ3) is 1.63. The first-order valence-corrected chi connectivity index (χ1v) is 5.47. The number of fused-ring (bicyclic) bond motifs is 1. The summed E-state index contributed by atoms with van der Waals surface area (Å²) in [5, 5.41) is 8.60. The van der Waals surface area contributed by atoms with Gasteiger partial charge >= 0.3 is 0 Å². The van der Waals surface area contributed by atoms with E-state index in [0.29, 0.717) is 0 Å². The summed E-state index contributed by atoms with van der Waals surface area (Å²) in [6, 6.07) is 3.89. The van der Waals surface area contributed by atoms with Gasteiger partial charge in [-0.3, -0.25) is 10.1 Å². The van der Waals surface area contributed by atoms with Crippen LogP contribution in [0.2, 0.25) is 0 Å². The number of hydrogen-bond donors (Lipinski definition) is 1. The summed E-state index contributed by atoms with van der Waals surface area (Å²) < 4.78 is 0. The number of nitrogens with one attached hydrogen (secondary N) is 1. The number of pyridine rings is 1. The zero-order valence-electron chi connectivity index (χ0n) is 8.16. The van der Waals surface area contributed by atoms with Gasteiger partial charge in [-0.2, -0.15) is 5.10 Å². The van der Waals surface area contributed by atoms with E-state index >= 15 is 0 Å². The third-order valence-electron chi connectivity index (χ3n) is 2.08. The maximum absolute atomic E-state index is 4.25. The summed E-state index contributed by atoms with van der Waals surface area (Å²) in [6.45, 7) is 0. The fourth-order valence-corrected chi connectivity index (χ4v) is 2.18. The number of H-pyrrole nitrogens is 1. The van der Waals surface area contributed by atoms with Gasteiger partial charge in [-0.15, -0.1) is 0 Å². The van der Waals surface area contributed by atoms with Crippen molar-refractivity contribution in [2.45, 2.75) is 9.92 Å². The van der Waals surface area contributed by atoms with E-state index in [4.69, 9.17) is 0 Å². The van der Waals surface area contributed by atoms with Gasteiger partial charge < -0.3 is 0 Å². The van der Waals surface area contributed by atoms with E-state index in [0.717, 1.165) is 21.0 Å². The molecule has 16 heavy (non-hydrogen) atoms. The Morgan fingerprint density at radius 3 is 2.88 bits per heavy atom. The van der Waals surface area contributed by atoms with Crippen LogP contribution in [-0.2, 0) is 0 Å². The second-order valence-electron chi connectivity index (χ2n) is 3.10. The van der Waals surface area contributed by atoms with Gasteiger partial charge in [0.15, 0.2) is 5.65 Å². The Morgan fingerprint density at radius 2 is 2.00 bits per heavy atom. The van der Waals surface area contributed by atoms with Crippen molar-refractivity contribution in [3.8, 4) is 0 Å². The van der Waals surface area contributed by atoms with Crippen LogP contribution < -0.4 is 0 Å². The first-order valence-electron chi connectivity index (χ1n) is 4.65. The minimum atomic E-state index is 0.756.